The Balaban J connectivity index is 1.78. The molecule has 3 rings (SSSR count). The summed E-state index contributed by atoms with van der Waals surface area (Å²) in [5.74, 6) is 1.62. The minimum absolute atomic E-state index is 0.00831. The van der Waals surface area contributed by atoms with Gasteiger partial charge in [0.05, 0.1) is 5.56 Å². The molecule has 7 heteroatoms. The van der Waals surface area contributed by atoms with Crippen molar-refractivity contribution in [3.05, 3.63) is 65.2 Å². The average molecular weight is 340 g/mol. The summed E-state index contributed by atoms with van der Waals surface area (Å²) in [6.07, 6.45) is 5.26. The van der Waals surface area contributed by atoms with Crippen molar-refractivity contribution >= 4 is 22.0 Å². The average Bonchev–Trinajstić information content (AvgIpc) is 2.80. The highest BCUT2D eigenvalue weighted by molar-refractivity contribution is 7.90. The normalized spacial score (nSPS) is 14.8. The first kappa shape index (κ1) is 15.8. The van der Waals surface area contributed by atoms with E-state index in [1.807, 2.05) is 0 Å². The molecule has 0 bridgehead atoms. The standard InChI is InChI=1S/C17H12N2O4S/c1-2-12-7-9-13(10-8-12)11-18-17(21)19-16(20)14-5-3-4-6-15(14)24(19,22)23/h1,3-10H,11H2,(H,18,21). The van der Waals surface area contributed by atoms with E-state index in [-0.39, 0.29) is 21.3 Å². The Labute approximate surface area is 139 Å². The highest BCUT2D eigenvalue weighted by atomic mass is 32.2. The maximum absolute atomic E-state index is 12.4. The van der Waals surface area contributed by atoms with Crippen LogP contribution in [0.1, 0.15) is 21.5 Å². The van der Waals surface area contributed by atoms with E-state index in [9.17, 15) is 18.0 Å². The van der Waals surface area contributed by atoms with Crippen LogP contribution in [0.3, 0.4) is 0 Å². The van der Waals surface area contributed by atoms with Gasteiger partial charge in [-0.1, -0.05) is 30.2 Å². The number of nitrogens with zero attached hydrogens (tertiary/aromatic N) is 1. The number of terminal acetylenes is 1. The van der Waals surface area contributed by atoms with Crippen LogP contribution in [0.15, 0.2) is 53.4 Å². The van der Waals surface area contributed by atoms with Gasteiger partial charge in [0.2, 0.25) is 0 Å². The quantitative estimate of drug-likeness (QED) is 0.844. The summed E-state index contributed by atoms with van der Waals surface area (Å²) in [6, 6.07) is 11.6. The number of amides is 3. The van der Waals surface area contributed by atoms with Crippen LogP contribution in [0.2, 0.25) is 0 Å². The number of urea groups is 1. The summed E-state index contributed by atoms with van der Waals surface area (Å²) in [7, 11) is -4.16. The minimum atomic E-state index is -4.16. The molecule has 1 heterocycles. The van der Waals surface area contributed by atoms with E-state index < -0.39 is 22.0 Å². The number of fused-ring (bicyclic) bond motifs is 1. The fourth-order valence-corrected chi connectivity index (χ4v) is 3.83. The van der Waals surface area contributed by atoms with E-state index in [1.54, 1.807) is 30.3 Å². The summed E-state index contributed by atoms with van der Waals surface area (Å²) < 4.78 is 25.0. The number of nitrogens with one attached hydrogen (secondary N) is 1. The Morgan fingerprint density at radius 1 is 1.12 bits per heavy atom. The third-order valence-corrected chi connectivity index (χ3v) is 5.29. The van der Waals surface area contributed by atoms with Crippen molar-refractivity contribution in [2.24, 2.45) is 0 Å². The first-order valence-corrected chi connectivity index (χ1v) is 8.41. The molecule has 0 unspecified atom stereocenters. The molecule has 0 radical (unpaired) electrons. The molecule has 0 atom stereocenters. The summed E-state index contributed by atoms with van der Waals surface area (Å²) in [4.78, 5) is 24.3. The third-order valence-electron chi connectivity index (χ3n) is 3.57. The van der Waals surface area contributed by atoms with Crippen LogP contribution in [0.4, 0.5) is 4.79 Å². The number of imide groups is 1. The van der Waals surface area contributed by atoms with E-state index in [0.29, 0.717) is 5.56 Å². The second-order valence-electron chi connectivity index (χ2n) is 5.07. The van der Waals surface area contributed by atoms with E-state index in [2.05, 4.69) is 11.2 Å². The zero-order valence-electron chi connectivity index (χ0n) is 12.4. The van der Waals surface area contributed by atoms with Gasteiger partial charge in [0.15, 0.2) is 0 Å². The van der Waals surface area contributed by atoms with Crippen molar-refractivity contribution in [1.29, 1.82) is 0 Å². The molecule has 0 saturated heterocycles. The molecule has 2 aromatic carbocycles. The maximum Gasteiger partial charge on any atom is 0.339 e. The summed E-state index contributed by atoms with van der Waals surface area (Å²) in [6.45, 7) is 0.0688. The van der Waals surface area contributed by atoms with Crippen LogP contribution in [0.5, 0.6) is 0 Å². The highest BCUT2D eigenvalue weighted by Crippen LogP contribution is 2.29. The third kappa shape index (κ3) is 2.53. The number of carbonyl (C=O) groups is 2. The van der Waals surface area contributed by atoms with Crippen LogP contribution in [0.25, 0.3) is 0 Å². The van der Waals surface area contributed by atoms with E-state index in [4.69, 9.17) is 6.42 Å². The van der Waals surface area contributed by atoms with Gasteiger partial charge in [0.1, 0.15) is 4.90 Å². The van der Waals surface area contributed by atoms with Gasteiger partial charge in [0.25, 0.3) is 15.9 Å². The molecule has 1 aliphatic rings. The van der Waals surface area contributed by atoms with Gasteiger partial charge < -0.3 is 5.32 Å². The number of carbonyl (C=O) groups excluding carboxylic acids is 2. The molecule has 0 spiro atoms. The molecular weight excluding hydrogens is 328 g/mol. The lowest BCUT2D eigenvalue weighted by molar-refractivity contribution is 0.0893. The van der Waals surface area contributed by atoms with Crippen LogP contribution >= 0.6 is 0 Å². The van der Waals surface area contributed by atoms with Gasteiger partial charge in [-0.15, -0.1) is 10.7 Å². The highest BCUT2D eigenvalue weighted by Gasteiger charge is 2.45. The molecule has 1 aliphatic heterocycles. The maximum atomic E-state index is 12.4. The molecule has 1 N–H and O–H groups in total. The van der Waals surface area contributed by atoms with Crippen LogP contribution in [-0.2, 0) is 16.6 Å². The lowest BCUT2D eigenvalue weighted by Crippen LogP contribution is -2.43. The molecule has 2 aromatic rings. The van der Waals surface area contributed by atoms with Crippen molar-refractivity contribution < 1.29 is 18.0 Å². The van der Waals surface area contributed by atoms with Crippen molar-refractivity contribution in [2.45, 2.75) is 11.4 Å². The van der Waals surface area contributed by atoms with Gasteiger partial charge in [0, 0.05) is 12.1 Å². The minimum Gasteiger partial charge on any atom is -0.333 e. The Hall–Kier alpha value is -3.11. The molecule has 24 heavy (non-hydrogen) atoms. The number of hydrogen-bond donors (Lipinski definition) is 1. The van der Waals surface area contributed by atoms with Gasteiger partial charge in [-0.2, -0.15) is 0 Å². The molecule has 3 amide bonds. The summed E-state index contributed by atoms with van der Waals surface area (Å²) in [5.41, 5.74) is 1.41. The van der Waals surface area contributed by atoms with Gasteiger partial charge in [-0.25, -0.2) is 13.2 Å². The molecule has 0 fully saturated rings. The Bertz CT molecular complexity index is 972. The van der Waals surface area contributed by atoms with Crippen molar-refractivity contribution in [3.8, 4) is 12.3 Å². The van der Waals surface area contributed by atoms with Gasteiger partial charge >= 0.3 is 6.03 Å². The predicted octanol–water partition coefficient (Wildman–Crippen LogP) is 1.72. The molecule has 0 aromatic heterocycles. The molecular formula is C17H12N2O4S. The number of benzene rings is 2. The lowest BCUT2D eigenvalue weighted by Gasteiger charge is -2.14. The number of sulfonamides is 1. The van der Waals surface area contributed by atoms with E-state index >= 15 is 0 Å². The first-order chi connectivity index (χ1) is 11.4. The second-order valence-corrected chi connectivity index (χ2v) is 6.83. The largest absolute Gasteiger partial charge is 0.339 e. The molecule has 120 valence electrons. The number of rotatable bonds is 2. The molecule has 6 nitrogen and oxygen atoms in total. The van der Waals surface area contributed by atoms with Crippen molar-refractivity contribution in [2.75, 3.05) is 0 Å². The summed E-state index contributed by atoms with van der Waals surface area (Å²) in [5, 5.41) is 2.43. The van der Waals surface area contributed by atoms with Crippen LogP contribution in [0, 0.1) is 12.3 Å². The Morgan fingerprint density at radius 2 is 1.79 bits per heavy atom. The summed E-state index contributed by atoms with van der Waals surface area (Å²) >= 11 is 0. The fourth-order valence-electron chi connectivity index (χ4n) is 2.35. The van der Waals surface area contributed by atoms with Crippen molar-refractivity contribution in [3.63, 3.8) is 0 Å². The Kier molecular flexibility index (Phi) is 3.83. The van der Waals surface area contributed by atoms with Gasteiger partial charge in [-0.05, 0) is 29.8 Å². The van der Waals surface area contributed by atoms with E-state index in [0.717, 1.165) is 5.56 Å². The van der Waals surface area contributed by atoms with Crippen LogP contribution in [-0.4, -0.2) is 24.7 Å². The second kappa shape index (κ2) is 5.83. The molecule has 0 saturated carbocycles. The Morgan fingerprint density at radius 3 is 2.42 bits per heavy atom. The zero-order valence-corrected chi connectivity index (χ0v) is 13.2. The van der Waals surface area contributed by atoms with Crippen LogP contribution < -0.4 is 5.32 Å². The van der Waals surface area contributed by atoms with Gasteiger partial charge in [-0.3, -0.25) is 4.79 Å². The molecule has 0 aliphatic carbocycles. The first-order valence-electron chi connectivity index (χ1n) is 6.97. The smallest absolute Gasteiger partial charge is 0.333 e. The predicted molar refractivity (Wildman–Crippen MR) is 86.4 cm³/mol. The lowest BCUT2D eigenvalue weighted by atomic mass is 10.1. The van der Waals surface area contributed by atoms with E-state index in [1.165, 1.54) is 18.2 Å². The zero-order chi connectivity index (χ0) is 17.3. The topological polar surface area (TPSA) is 83.6 Å². The number of hydrogen-bond acceptors (Lipinski definition) is 4. The van der Waals surface area contributed by atoms with Crippen molar-refractivity contribution in [1.82, 2.24) is 9.62 Å². The monoisotopic (exact) mass is 340 g/mol. The fraction of sp³-hybridized carbons (Fsp3) is 0.0588. The SMILES string of the molecule is C#Cc1ccc(CNC(=O)N2C(=O)c3ccccc3S2(=O)=O)cc1.